The molecule has 26 heavy (non-hydrogen) atoms. The fourth-order valence-electron chi connectivity index (χ4n) is 3.03. The van der Waals surface area contributed by atoms with Gasteiger partial charge in [0, 0.05) is 32.8 Å². The molecule has 1 heterocycles. The van der Waals surface area contributed by atoms with Gasteiger partial charge < -0.3 is 25.0 Å². The van der Waals surface area contributed by atoms with Gasteiger partial charge in [-0.05, 0) is 58.7 Å². The molecule has 1 rings (SSSR count). The summed E-state index contributed by atoms with van der Waals surface area (Å²) in [5.41, 5.74) is 0. The lowest BCUT2D eigenvalue weighted by molar-refractivity contribution is 0.0168. The van der Waals surface area contributed by atoms with Crippen LogP contribution in [0.3, 0.4) is 0 Å². The molecular weight excluding hydrogens is 443 g/mol. The standard InChI is InChI=1S/C19H40N4O2.HI/c1-5-23(6-2)13-7-10-17(3)22-19(20-4)21-12-9-14-24-16-18-11-8-15-25-18;/h17-18H,5-16H2,1-4H3,(H2,20,21,22);1H. The topological polar surface area (TPSA) is 58.1 Å². The second-order valence-corrected chi connectivity index (χ2v) is 6.78. The largest absolute Gasteiger partial charge is 0.379 e. The van der Waals surface area contributed by atoms with Crippen LogP contribution in [-0.4, -0.2) is 76.1 Å². The van der Waals surface area contributed by atoms with Crippen molar-refractivity contribution in [1.29, 1.82) is 0 Å². The highest BCUT2D eigenvalue weighted by Crippen LogP contribution is 2.11. The first kappa shape index (κ1) is 25.9. The van der Waals surface area contributed by atoms with Crippen LogP contribution in [0.1, 0.15) is 52.9 Å². The number of hydrogen-bond donors (Lipinski definition) is 2. The minimum absolute atomic E-state index is 0. The summed E-state index contributed by atoms with van der Waals surface area (Å²) in [6.07, 6.45) is 5.97. The Morgan fingerprint density at radius 2 is 2.08 bits per heavy atom. The molecule has 0 aromatic heterocycles. The summed E-state index contributed by atoms with van der Waals surface area (Å²) >= 11 is 0. The SMILES string of the molecule is CCN(CC)CCCC(C)NC(=NC)NCCCOCC1CCCO1.I. The Balaban J connectivity index is 0.00000625. The minimum Gasteiger partial charge on any atom is -0.379 e. The molecule has 0 aliphatic carbocycles. The fourth-order valence-corrected chi connectivity index (χ4v) is 3.03. The number of aliphatic imine (C=N–C) groups is 1. The van der Waals surface area contributed by atoms with Gasteiger partial charge in [0.1, 0.15) is 0 Å². The number of halogens is 1. The lowest BCUT2D eigenvalue weighted by Crippen LogP contribution is -2.43. The van der Waals surface area contributed by atoms with E-state index in [1.165, 1.54) is 19.4 Å². The summed E-state index contributed by atoms with van der Waals surface area (Å²) in [7, 11) is 1.83. The molecule has 0 aromatic carbocycles. The van der Waals surface area contributed by atoms with Gasteiger partial charge in [-0.1, -0.05) is 13.8 Å². The molecule has 156 valence electrons. The van der Waals surface area contributed by atoms with Crippen molar-refractivity contribution in [3.05, 3.63) is 0 Å². The van der Waals surface area contributed by atoms with Crippen molar-refractivity contribution in [1.82, 2.24) is 15.5 Å². The van der Waals surface area contributed by atoms with Gasteiger partial charge in [0.15, 0.2) is 5.96 Å². The Bertz CT molecular complexity index is 348. The molecule has 2 unspecified atom stereocenters. The molecule has 7 heteroatoms. The van der Waals surface area contributed by atoms with E-state index in [-0.39, 0.29) is 24.0 Å². The van der Waals surface area contributed by atoms with Crippen molar-refractivity contribution in [2.75, 3.05) is 53.0 Å². The Morgan fingerprint density at radius 1 is 1.31 bits per heavy atom. The number of rotatable bonds is 13. The van der Waals surface area contributed by atoms with Crippen LogP contribution in [0.15, 0.2) is 4.99 Å². The van der Waals surface area contributed by atoms with E-state index in [1.807, 2.05) is 7.05 Å². The average Bonchev–Trinajstić information content (AvgIpc) is 3.14. The molecule has 0 aromatic rings. The summed E-state index contributed by atoms with van der Waals surface area (Å²) in [6.45, 7) is 13.4. The zero-order valence-corrected chi connectivity index (χ0v) is 19.6. The lowest BCUT2D eigenvalue weighted by atomic mass is 10.2. The van der Waals surface area contributed by atoms with Crippen LogP contribution < -0.4 is 10.6 Å². The highest BCUT2D eigenvalue weighted by molar-refractivity contribution is 14.0. The summed E-state index contributed by atoms with van der Waals surface area (Å²) in [5, 5.41) is 6.84. The van der Waals surface area contributed by atoms with Gasteiger partial charge in [-0.15, -0.1) is 24.0 Å². The summed E-state index contributed by atoms with van der Waals surface area (Å²) in [5.74, 6) is 0.884. The molecule has 2 N–H and O–H groups in total. The number of nitrogens with one attached hydrogen (secondary N) is 2. The second-order valence-electron chi connectivity index (χ2n) is 6.78. The van der Waals surface area contributed by atoms with Crippen molar-refractivity contribution < 1.29 is 9.47 Å². The first-order valence-corrected chi connectivity index (χ1v) is 10.1. The molecule has 1 aliphatic heterocycles. The minimum atomic E-state index is 0. The Morgan fingerprint density at radius 3 is 2.69 bits per heavy atom. The van der Waals surface area contributed by atoms with Gasteiger partial charge in [-0.3, -0.25) is 4.99 Å². The van der Waals surface area contributed by atoms with Crippen molar-refractivity contribution in [2.45, 2.75) is 65.0 Å². The summed E-state index contributed by atoms with van der Waals surface area (Å²) < 4.78 is 11.2. The van der Waals surface area contributed by atoms with Crippen LogP contribution in [0.25, 0.3) is 0 Å². The predicted octanol–water partition coefficient (Wildman–Crippen LogP) is 2.87. The smallest absolute Gasteiger partial charge is 0.191 e. The summed E-state index contributed by atoms with van der Waals surface area (Å²) in [4.78, 5) is 6.78. The highest BCUT2D eigenvalue weighted by atomic mass is 127. The molecule has 6 nitrogen and oxygen atoms in total. The van der Waals surface area contributed by atoms with Crippen LogP contribution in [0, 0.1) is 0 Å². The zero-order valence-electron chi connectivity index (χ0n) is 17.3. The quantitative estimate of drug-likeness (QED) is 0.182. The number of ether oxygens (including phenoxy) is 2. The van der Waals surface area contributed by atoms with Gasteiger partial charge in [-0.25, -0.2) is 0 Å². The van der Waals surface area contributed by atoms with Crippen molar-refractivity contribution in [2.24, 2.45) is 4.99 Å². The monoisotopic (exact) mass is 484 g/mol. The highest BCUT2D eigenvalue weighted by Gasteiger charge is 2.14. The molecule has 1 saturated heterocycles. The fraction of sp³-hybridized carbons (Fsp3) is 0.947. The van der Waals surface area contributed by atoms with E-state index in [1.54, 1.807) is 0 Å². The molecule has 0 bridgehead atoms. The van der Waals surface area contributed by atoms with Crippen LogP contribution in [0.4, 0.5) is 0 Å². The van der Waals surface area contributed by atoms with E-state index in [9.17, 15) is 0 Å². The molecule has 0 spiro atoms. The van der Waals surface area contributed by atoms with Crippen molar-refractivity contribution in [3.8, 4) is 0 Å². The molecule has 2 atom stereocenters. The number of guanidine groups is 1. The lowest BCUT2D eigenvalue weighted by Gasteiger charge is -2.21. The Hall–Kier alpha value is -0.120. The molecule has 1 fully saturated rings. The number of nitrogens with zero attached hydrogens (tertiary/aromatic N) is 2. The molecule has 0 radical (unpaired) electrons. The summed E-state index contributed by atoms with van der Waals surface area (Å²) in [6, 6.07) is 0.428. The maximum absolute atomic E-state index is 5.68. The van der Waals surface area contributed by atoms with Crippen molar-refractivity contribution >= 4 is 29.9 Å². The average molecular weight is 484 g/mol. The maximum Gasteiger partial charge on any atom is 0.191 e. The van der Waals surface area contributed by atoms with Crippen LogP contribution in [0.5, 0.6) is 0 Å². The van der Waals surface area contributed by atoms with Gasteiger partial charge in [0.05, 0.1) is 12.7 Å². The molecule has 1 aliphatic rings. The van der Waals surface area contributed by atoms with E-state index < -0.39 is 0 Å². The molecular formula is C19H41IN4O2. The van der Waals surface area contributed by atoms with Crippen LogP contribution in [-0.2, 0) is 9.47 Å². The maximum atomic E-state index is 5.68. The van der Waals surface area contributed by atoms with E-state index >= 15 is 0 Å². The van der Waals surface area contributed by atoms with E-state index in [4.69, 9.17) is 9.47 Å². The van der Waals surface area contributed by atoms with E-state index in [2.05, 4.69) is 41.3 Å². The normalized spacial score (nSPS) is 18.7. The van der Waals surface area contributed by atoms with E-state index in [0.717, 1.165) is 64.7 Å². The first-order valence-electron chi connectivity index (χ1n) is 10.1. The van der Waals surface area contributed by atoms with Crippen molar-refractivity contribution in [3.63, 3.8) is 0 Å². The van der Waals surface area contributed by atoms with Gasteiger partial charge in [-0.2, -0.15) is 0 Å². The van der Waals surface area contributed by atoms with Gasteiger partial charge in [0.2, 0.25) is 0 Å². The number of hydrogen-bond acceptors (Lipinski definition) is 4. The molecule has 0 saturated carbocycles. The van der Waals surface area contributed by atoms with Gasteiger partial charge >= 0.3 is 0 Å². The third kappa shape index (κ3) is 12.3. The first-order chi connectivity index (χ1) is 12.2. The second kappa shape index (κ2) is 17.0. The van der Waals surface area contributed by atoms with Crippen LogP contribution >= 0.6 is 24.0 Å². The van der Waals surface area contributed by atoms with Crippen LogP contribution in [0.2, 0.25) is 0 Å². The third-order valence-corrected chi connectivity index (χ3v) is 4.70. The molecule has 0 amide bonds. The zero-order chi connectivity index (χ0) is 18.3. The third-order valence-electron chi connectivity index (χ3n) is 4.70. The van der Waals surface area contributed by atoms with E-state index in [0.29, 0.717) is 12.1 Å². The van der Waals surface area contributed by atoms with Gasteiger partial charge in [0.25, 0.3) is 0 Å². The predicted molar refractivity (Wildman–Crippen MR) is 121 cm³/mol. The Labute approximate surface area is 177 Å². The Kier molecular flexibility index (Phi) is 16.9.